The van der Waals surface area contributed by atoms with Gasteiger partial charge in [0.05, 0.1) is 4.47 Å². The summed E-state index contributed by atoms with van der Waals surface area (Å²) in [5.41, 5.74) is -0.915. The molecule has 2 N–H and O–H groups in total. The molecule has 0 aliphatic heterocycles. The molecule has 2 aromatic heterocycles. The lowest BCUT2D eigenvalue weighted by atomic mass is 10.5. The zero-order chi connectivity index (χ0) is 11.1. The molecule has 2 aromatic rings. The molecular formula is C9H8BrN3O2. The summed E-state index contributed by atoms with van der Waals surface area (Å²) in [7, 11) is 0. The molecule has 0 aromatic carbocycles. The van der Waals surface area contributed by atoms with E-state index < -0.39 is 11.2 Å². The molecule has 6 heteroatoms. The molecule has 0 atom stereocenters. The molecule has 0 spiro atoms. The molecule has 78 valence electrons. The van der Waals surface area contributed by atoms with Gasteiger partial charge in [-0.15, -0.1) is 0 Å². The predicted octanol–water partition coefficient (Wildman–Crippen LogP) is 0.907. The highest BCUT2D eigenvalue weighted by atomic mass is 79.9. The standard InChI is InChI=1S/C5H5N.C4H3BrN2O2/c1-2-4-6-5-3-1;5-2-1-6-4(9)7-3(2)8/h1-5H;1H,(H2,6,7,8,9). The number of pyridine rings is 1. The number of aromatic amines is 2. The van der Waals surface area contributed by atoms with Crippen LogP contribution in [0.15, 0.2) is 50.9 Å². The number of aromatic nitrogens is 3. The first kappa shape index (κ1) is 11.4. The average molecular weight is 270 g/mol. The average Bonchev–Trinajstić information content (AvgIpc) is 2.27. The highest BCUT2D eigenvalue weighted by Crippen LogP contribution is 1.93. The lowest BCUT2D eigenvalue weighted by Gasteiger charge is -1.82. The van der Waals surface area contributed by atoms with Crippen molar-refractivity contribution in [3.05, 3.63) is 62.1 Å². The van der Waals surface area contributed by atoms with Crippen LogP contribution in [0.25, 0.3) is 0 Å². The van der Waals surface area contributed by atoms with Crippen molar-refractivity contribution in [1.29, 1.82) is 0 Å². The highest BCUT2D eigenvalue weighted by Gasteiger charge is 1.90. The Bertz CT molecular complexity index is 480. The molecule has 0 radical (unpaired) electrons. The molecule has 0 fully saturated rings. The quantitative estimate of drug-likeness (QED) is 0.746. The lowest BCUT2D eigenvalue weighted by Crippen LogP contribution is -2.21. The Morgan fingerprint density at radius 2 is 1.80 bits per heavy atom. The Morgan fingerprint density at radius 1 is 1.13 bits per heavy atom. The van der Waals surface area contributed by atoms with Crippen LogP contribution in [0.3, 0.4) is 0 Å². The van der Waals surface area contributed by atoms with Gasteiger partial charge in [-0.3, -0.25) is 14.8 Å². The number of halogens is 1. The van der Waals surface area contributed by atoms with E-state index in [1.807, 2.05) is 23.2 Å². The third-order valence-corrected chi connectivity index (χ3v) is 1.93. The topological polar surface area (TPSA) is 78.6 Å². The normalized spacial score (nSPS) is 8.87. The van der Waals surface area contributed by atoms with Gasteiger partial charge < -0.3 is 4.98 Å². The van der Waals surface area contributed by atoms with E-state index in [1.54, 1.807) is 12.4 Å². The van der Waals surface area contributed by atoms with Crippen LogP contribution in [0, 0.1) is 0 Å². The lowest BCUT2D eigenvalue weighted by molar-refractivity contribution is 1.02. The second-order valence-electron chi connectivity index (χ2n) is 2.44. The fraction of sp³-hybridized carbons (Fsp3) is 0. The molecule has 2 heterocycles. The minimum absolute atomic E-state index is 0.321. The maximum atomic E-state index is 10.5. The van der Waals surface area contributed by atoms with Crippen molar-refractivity contribution in [2.24, 2.45) is 0 Å². The van der Waals surface area contributed by atoms with Crippen molar-refractivity contribution in [3.63, 3.8) is 0 Å². The van der Waals surface area contributed by atoms with Gasteiger partial charge in [-0.1, -0.05) is 6.07 Å². The maximum Gasteiger partial charge on any atom is 0.325 e. The van der Waals surface area contributed by atoms with Gasteiger partial charge >= 0.3 is 5.69 Å². The van der Waals surface area contributed by atoms with E-state index in [1.165, 1.54) is 6.20 Å². The van der Waals surface area contributed by atoms with Crippen molar-refractivity contribution in [3.8, 4) is 0 Å². The van der Waals surface area contributed by atoms with Gasteiger partial charge in [-0.25, -0.2) is 4.79 Å². The van der Waals surface area contributed by atoms with E-state index in [0.717, 1.165) is 0 Å². The first-order valence-corrected chi connectivity index (χ1v) is 4.82. The number of rotatable bonds is 0. The zero-order valence-electron chi connectivity index (χ0n) is 7.61. The van der Waals surface area contributed by atoms with E-state index in [2.05, 4.69) is 25.9 Å². The summed E-state index contributed by atoms with van der Waals surface area (Å²) in [4.78, 5) is 28.9. The molecule has 0 aliphatic rings. The Hall–Kier alpha value is -1.69. The third kappa shape index (κ3) is 4.37. The molecule has 5 nitrogen and oxygen atoms in total. The zero-order valence-corrected chi connectivity index (χ0v) is 9.19. The molecule has 0 saturated carbocycles. The van der Waals surface area contributed by atoms with E-state index in [9.17, 15) is 9.59 Å². The number of nitrogens with one attached hydrogen (secondary N) is 2. The number of nitrogens with zero attached hydrogens (tertiary/aromatic N) is 1. The first-order valence-electron chi connectivity index (χ1n) is 4.02. The molecule has 0 amide bonds. The van der Waals surface area contributed by atoms with Gasteiger partial charge in [-0.2, -0.15) is 0 Å². The van der Waals surface area contributed by atoms with Crippen molar-refractivity contribution in [1.82, 2.24) is 15.0 Å². The second kappa shape index (κ2) is 5.92. The van der Waals surface area contributed by atoms with Gasteiger partial charge in [-0.05, 0) is 28.1 Å². The summed E-state index contributed by atoms with van der Waals surface area (Å²) in [5.74, 6) is 0. The molecule has 0 unspecified atom stereocenters. The maximum absolute atomic E-state index is 10.5. The molecule has 0 aliphatic carbocycles. The number of hydrogen-bond acceptors (Lipinski definition) is 3. The SMILES string of the molecule is O=c1[nH]cc(Br)c(=O)[nH]1.c1ccncc1. The fourth-order valence-electron chi connectivity index (χ4n) is 0.706. The minimum Gasteiger partial charge on any atom is -0.313 e. The molecular weight excluding hydrogens is 262 g/mol. The summed E-state index contributed by atoms with van der Waals surface area (Å²) in [6.07, 6.45) is 4.79. The van der Waals surface area contributed by atoms with Crippen LogP contribution in [0.5, 0.6) is 0 Å². The van der Waals surface area contributed by atoms with E-state index in [0.29, 0.717) is 4.47 Å². The molecule has 0 saturated heterocycles. The van der Waals surface area contributed by atoms with E-state index in [4.69, 9.17) is 0 Å². The monoisotopic (exact) mass is 269 g/mol. The van der Waals surface area contributed by atoms with Gasteiger partial charge in [0, 0.05) is 18.6 Å². The van der Waals surface area contributed by atoms with Crippen molar-refractivity contribution < 1.29 is 0 Å². The summed E-state index contributed by atoms with van der Waals surface area (Å²) >= 11 is 2.92. The predicted molar refractivity (Wildman–Crippen MR) is 59.6 cm³/mol. The minimum atomic E-state index is -0.497. The van der Waals surface area contributed by atoms with Crippen LogP contribution in [-0.4, -0.2) is 15.0 Å². The molecule has 2 rings (SSSR count). The van der Waals surface area contributed by atoms with Crippen LogP contribution in [0.2, 0.25) is 0 Å². The van der Waals surface area contributed by atoms with Gasteiger partial charge in [0.25, 0.3) is 5.56 Å². The van der Waals surface area contributed by atoms with Crippen molar-refractivity contribution >= 4 is 15.9 Å². The van der Waals surface area contributed by atoms with Crippen molar-refractivity contribution in [2.75, 3.05) is 0 Å². The Morgan fingerprint density at radius 3 is 2.13 bits per heavy atom. The van der Waals surface area contributed by atoms with Crippen molar-refractivity contribution in [2.45, 2.75) is 0 Å². The fourth-order valence-corrected chi connectivity index (χ4v) is 0.920. The summed E-state index contributed by atoms with van der Waals surface area (Å²) in [6.45, 7) is 0. The third-order valence-electron chi connectivity index (χ3n) is 1.34. The summed E-state index contributed by atoms with van der Waals surface area (Å²) < 4.78 is 0.321. The molecule has 0 bridgehead atoms. The van der Waals surface area contributed by atoms with Gasteiger partial charge in [0.1, 0.15) is 0 Å². The van der Waals surface area contributed by atoms with Crippen LogP contribution >= 0.6 is 15.9 Å². The Labute approximate surface area is 93.3 Å². The van der Waals surface area contributed by atoms with Crippen LogP contribution in [0.4, 0.5) is 0 Å². The van der Waals surface area contributed by atoms with E-state index >= 15 is 0 Å². The Balaban J connectivity index is 0.000000162. The highest BCUT2D eigenvalue weighted by molar-refractivity contribution is 9.10. The summed E-state index contributed by atoms with van der Waals surface area (Å²) in [6, 6.07) is 5.72. The second-order valence-corrected chi connectivity index (χ2v) is 3.30. The summed E-state index contributed by atoms with van der Waals surface area (Å²) in [5, 5.41) is 0. The molecule has 15 heavy (non-hydrogen) atoms. The number of H-pyrrole nitrogens is 2. The largest absolute Gasteiger partial charge is 0.325 e. The van der Waals surface area contributed by atoms with Gasteiger partial charge in [0.2, 0.25) is 0 Å². The first-order chi connectivity index (χ1) is 7.20. The van der Waals surface area contributed by atoms with Gasteiger partial charge in [0.15, 0.2) is 0 Å². The van der Waals surface area contributed by atoms with Crippen LogP contribution in [-0.2, 0) is 0 Å². The smallest absolute Gasteiger partial charge is 0.313 e. The Kier molecular flexibility index (Phi) is 4.49. The number of hydrogen-bond donors (Lipinski definition) is 2. The van der Waals surface area contributed by atoms with Crippen LogP contribution < -0.4 is 11.2 Å². The van der Waals surface area contributed by atoms with Crippen LogP contribution in [0.1, 0.15) is 0 Å². The van der Waals surface area contributed by atoms with E-state index in [-0.39, 0.29) is 0 Å².